The van der Waals surface area contributed by atoms with E-state index >= 15 is 9.13 Å². The Balaban J connectivity index is 1.50. The SMILES string of the molecule is O=P(Cc1ccc2ccccc2c1-c1c(P(=O)(c2ccccc2)c2ccccc2)ccc2ccccc12)(c1ccccc1)c1ccccc1. The summed E-state index contributed by atoms with van der Waals surface area (Å²) in [5, 5.41) is 8.14. The lowest BCUT2D eigenvalue weighted by molar-refractivity contribution is 0.586. The van der Waals surface area contributed by atoms with Crippen LogP contribution in [-0.4, -0.2) is 0 Å². The van der Waals surface area contributed by atoms with Crippen LogP contribution >= 0.6 is 14.3 Å². The molecule has 0 radical (unpaired) electrons. The molecule has 8 aromatic rings. The monoisotopic (exact) mass is 668 g/mol. The summed E-state index contributed by atoms with van der Waals surface area (Å²) in [4.78, 5) is 0. The predicted octanol–water partition coefficient (Wildman–Crippen LogP) is 9.81. The molecule has 0 atom stereocenters. The Morgan fingerprint density at radius 2 is 0.735 bits per heavy atom. The Bertz CT molecular complexity index is 2430. The van der Waals surface area contributed by atoms with Gasteiger partial charge in [0.25, 0.3) is 0 Å². The zero-order chi connectivity index (χ0) is 33.3. The topological polar surface area (TPSA) is 34.1 Å². The van der Waals surface area contributed by atoms with Crippen molar-refractivity contribution in [1.82, 2.24) is 0 Å². The molecule has 0 aliphatic heterocycles. The first-order chi connectivity index (χ1) is 24.1. The van der Waals surface area contributed by atoms with Crippen molar-refractivity contribution in [3.05, 3.63) is 200 Å². The molecular weight excluding hydrogens is 634 g/mol. The van der Waals surface area contributed by atoms with Gasteiger partial charge >= 0.3 is 0 Å². The molecule has 2 nitrogen and oxygen atoms in total. The van der Waals surface area contributed by atoms with Crippen LogP contribution in [0.1, 0.15) is 5.56 Å². The second-order valence-corrected chi connectivity index (χ2v) is 17.9. The van der Waals surface area contributed by atoms with Gasteiger partial charge in [-0.2, -0.15) is 0 Å². The highest BCUT2D eigenvalue weighted by atomic mass is 31.2. The van der Waals surface area contributed by atoms with Crippen LogP contribution in [0.4, 0.5) is 0 Å². The molecule has 0 heterocycles. The third kappa shape index (κ3) is 5.48. The van der Waals surface area contributed by atoms with Gasteiger partial charge in [0.1, 0.15) is 7.14 Å². The molecule has 0 saturated carbocycles. The van der Waals surface area contributed by atoms with Crippen LogP contribution in [0.2, 0.25) is 0 Å². The lowest BCUT2D eigenvalue weighted by Crippen LogP contribution is -2.27. The van der Waals surface area contributed by atoms with E-state index in [4.69, 9.17) is 0 Å². The first-order valence-corrected chi connectivity index (χ1v) is 20.1. The van der Waals surface area contributed by atoms with E-state index in [-0.39, 0.29) is 0 Å². The maximum atomic E-state index is 16.2. The number of hydrogen-bond donors (Lipinski definition) is 0. The van der Waals surface area contributed by atoms with Crippen LogP contribution in [0.3, 0.4) is 0 Å². The fraction of sp³-hybridized carbons (Fsp3) is 0.0222. The molecule has 49 heavy (non-hydrogen) atoms. The molecule has 0 unspecified atom stereocenters. The minimum Gasteiger partial charge on any atom is -0.313 e. The molecule has 8 rings (SSSR count). The molecule has 236 valence electrons. The van der Waals surface area contributed by atoms with Crippen molar-refractivity contribution in [2.45, 2.75) is 6.16 Å². The third-order valence-corrected chi connectivity index (χ3v) is 15.6. The summed E-state index contributed by atoms with van der Waals surface area (Å²) in [6, 6.07) is 64.6. The minimum absolute atomic E-state index is 0.310. The van der Waals surface area contributed by atoms with Crippen LogP contribution in [0.5, 0.6) is 0 Å². The second kappa shape index (κ2) is 13.0. The van der Waals surface area contributed by atoms with Gasteiger partial charge in [-0.1, -0.05) is 188 Å². The van der Waals surface area contributed by atoms with E-state index < -0.39 is 14.3 Å². The molecular formula is C45H34O2P2. The van der Waals surface area contributed by atoms with Crippen molar-refractivity contribution in [3.8, 4) is 11.1 Å². The van der Waals surface area contributed by atoms with Crippen molar-refractivity contribution in [2.75, 3.05) is 0 Å². The standard InChI is InChI=1S/C45H34O2P2/c46-48(37-19-5-1-6-20-37,38-21-7-2-8-22-38)33-36-30-29-34-17-13-15-27-41(34)44(36)45-42-28-16-14-18-35(42)31-32-43(45)49(47,39-23-9-3-10-24-39)40-25-11-4-12-26-40/h1-32H,33H2. The van der Waals surface area contributed by atoms with Crippen molar-refractivity contribution < 1.29 is 9.13 Å². The zero-order valence-corrected chi connectivity index (χ0v) is 28.7. The number of benzene rings is 8. The van der Waals surface area contributed by atoms with E-state index in [1.54, 1.807) is 0 Å². The molecule has 0 saturated heterocycles. The first-order valence-electron chi connectivity index (χ1n) is 16.5. The smallest absolute Gasteiger partial charge is 0.171 e. The van der Waals surface area contributed by atoms with Gasteiger partial charge in [0.05, 0.1) is 0 Å². The maximum absolute atomic E-state index is 16.2. The van der Waals surface area contributed by atoms with Gasteiger partial charge in [0, 0.05) is 38.2 Å². The fourth-order valence-corrected chi connectivity index (χ4v) is 12.7. The minimum atomic E-state index is -3.42. The van der Waals surface area contributed by atoms with Gasteiger partial charge in [-0.3, -0.25) is 0 Å². The average Bonchev–Trinajstić information content (AvgIpc) is 3.18. The molecule has 0 aliphatic carbocycles. The van der Waals surface area contributed by atoms with Crippen molar-refractivity contribution >= 4 is 62.4 Å². The normalized spacial score (nSPS) is 11.9. The summed E-state index contributed by atoms with van der Waals surface area (Å²) < 4.78 is 31.8. The molecule has 8 aromatic carbocycles. The lowest BCUT2D eigenvalue weighted by Gasteiger charge is -2.27. The Labute approximate surface area is 287 Å². The average molecular weight is 669 g/mol. The number of fused-ring (bicyclic) bond motifs is 2. The molecule has 0 spiro atoms. The van der Waals surface area contributed by atoms with Gasteiger partial charge in [-0.05, 0) is 38.7 Å². The lowest BCUT2D eigenvalue weighted by atomic mass is 9.90. The van der Waals surface area contributed by atoms with Gasteiger partial charge in [0.2, 0.25) is 0 Å². The highest BCUT2D eigenvalue weighted by Crippen LogP contribution is 2.52. The van der Waals surface area contributed by atoms with Crippen LogP contribution < -0.4 is 26.5 Å². The number of hydrogen-bond acceptors (Lipinski definition) is 2. The third-order valence-electron chi connectivity index (χ3n) is 9.49. The van der Waals surface area contributed by atoms with E-state index in [9.17, 15) is 0 Å². The Kier molecular flexibility index (Phi) is 8.22. The summed E-state index contributed by atoms with van der Waals surface area (Å²) in [6.07, 6.45) is 0.310. The predicted molar refractivity (Wildman–Crippen MR) is 210 cm³/mol. The maximum Gasteiger partial charge on any atom is 0.171 e. The molecule has 0 aliphatic rings. The molecule has 0 aromatic heterocycles. The summed E-state index contributed by atoms with van der Waals surface area (Å²) in [5.74, 6) is 0. The van der Waals surface area contributed by atoms with E-state index in [0.717, 1.165) is 64.8 Å². The van der Waals surface area contributed by atoms with E-state index in [0.29, 0.717) is 6.16 Å². The summed E-state index contributed by atoms with van der Waals surface area (Å²) in [6.45, 7) is 0. The van der Waals surface area contributed by atoms with E-state index in [1.165, 1.54) is 0 Å². The zero-order valence-electron chi connectivity index (χ0n) is 26.9. The van der Waals surface area contributed by atoms with Crippen molar-refractivity contribution in [1.29, 1.82) is 0 Å². The Hall–Kier alpha value is -5.26. The van der Waals surface area contributed by atoms with Crippen LogP contribution in [0, 0.1) is 0 Å². The summed E-state index contributed by atoms with van der Waals surface area (Å²) in [7, 11) is -6.59. The highest BCUT2D eigenvalue weighted by molar-refractivity contribution is 7.85. The molecule has 0 fully saturated rings. The van der Waals surface area contributed by atoms with Crippen LogP contribution in [0.15, 0.2) is 194 Å². The first kappa shape index (κ1) is 31.0. The van der Waals surface area contributed by atoms with Crippen LogP contribution in [0.25, 0.3) is 32.7 Å². The Morgan fingerprint density at radius 3 is 1.22 bits per heavy atom. The van der Waals surface area contributed by atoms with Gasteiger partial charge in [-0.15, -0.1) is 0 Å². The van der Waals surface area contributed by atoms with Crippen molar-refractivity contribution in [2.24, 2.45) is 0 Å². The van der Waals surface area contributed by atoms with Gasteiger partial charge < -0.3 is 9.13 Å². The van der Waals surface area contributed by atoms with E-state index in [2.05, 4.69) is 60.7 Å². The largest absolute Gasteiger partial charge is 0.313 e. The molecule has 4 heteroatoms. The Morgan fingerprint density at radius 1 is 0.347 bits per heavy atom. The van der Waals surface area contributed by atoms with Crippen molar-refractivity contribution in [3.63, 3.8) is 0 Å². The summed E-state index contributed by atoms with van der Waals surface area (Å²) in [5.41, 5.74) is 2.86. The highest BCUT2D eigenvalue weighted by Gasteiger charge is 2.35. The number of rotatable bonds is 8. The molecule has 0 amide bonds. The summed E-state index contributed by atoms with van der Waals surface area (Å²) >= 11 is 0. The van der Waals surface area contributed by atoms with E-state index in [1.807, 2.05) is 133 Å². The van der Waals surface area contributed by atoms with Gasteiger partial charge in [-0.25, -0.2) is 0 Å². The molecule has 0 N–H and O–H groups in total. The van der Waals surface area contributed by atoms with Crippen LogP contribution in [-0.2, 0) is 15.3 Å². The second-order valence-electron chi connectivity index (χ2n) is 12.4. The quantitative estimate of drug-likeness (QED) is 0.151. The molecule has 0 bridgehead atoms. The van der Waals surface area contributed by atoms with Gasteiger partial charge in [0.15, 0.2) is 7.14 Å². The fourth-order valence-electron chi connectivity index (χ4n) is 7.14.